The molecule has 1 aliphatic heterocycles. The van der Waals surface area contributed by atoms with E-state index in [1.165, 1.54) is 11.8 Å². The maximum atomic E-state index is 14.0. The second kappa shape index (κ2) is 11.7. The highest BCUT2D eigenvalue weighted by molar-refractivity contribution is 6.04. The Morgan fingerprint density at radius 2 is 1.54 bits per heavy atom. The second-order valence-corrected chi connectivity index (χ2v) is 9.52. The lowest BCUT2D eigenvalue weighted by Gasteiger charge is -2.34. The van der Waals surface area contributed by atoms with Crippen molar-refractivity contribution in [3.63, 3.8) is 0 Å². The minimum absolute atomic E-state index is 0.0645. The van der Waals surface area contributed by atoms with Crippen LogP contribution in [0.25, 0.3) is 5.57 Å². The average Bonchev–Trinajstić information content (AvgIpc) is 3.05. The number of carbonyl (C=O) groups is 3. The standard InChI is InChI=1S/C30H29F2N3O4/c1-18(33)28(37)35(30(39)27(36)22-13-23(31)17-24(32)14-22)26-16-21(19-9-5-3-6-10-19)15-25(34(2)29(26)38)20-11-7-4-8-12-20/h3-15,17-18,25-27,36H,16,33H2,1-2H3/t18-,25-,26-,27-/m0/s1. The summed E-state index contributed by atoms with van der Waals surface area (Å²) in [5.74, 6) is -4.70. The van der Waals surface area contributed by atoms with Crippen molar-refractivity contribution >= 4 is 23.3 Å². The van der Waals surface area contributed by atoms with E-state index in [2.05, 4.69) is 0 Å². The Balaban J connectivity index is 1.82. The van der Waals surface area contributed by atoms with Crippen molar-refractivity contribution < 1.29 is 28.3 Å². The summed E-state index contributed by atoms with van der Waals surface area (Å²) in [5.41, 5.74) is 7.75. The van der Waals surface area contributed by atoms with Gasteiger partial charge in [0.15, 0.2) is 6.10 Å². The van der Waals surface area contributed by atoms with E-state index in [0.29, 0.717) is 16.5 Å². The van der Waals surface area contributed by atoms with E-state index in [1.54, 1.807) is 7.05 Å². The SMILES string of the molecule is C[C@H](N)C(=O)N(C(=O)[C@@H](O)c1cc(F)cc(F)c1)[C@H]1CC(c2ccccc2)=C[C@@H](c2ccccc2)N(C)C1=O. The molecule has 0 saturated carbocycles. The van der Waals surface area contributed by atoms with Crippen molar-refractivity contribution in [3.05, 3.63) is 113 Å². The lowest BCUT2D eigenvalue weighted by atomic mass is 9.95. The van der Waals surface area contributed by atoms with Gasteiger partial charge < -0.3 is 15.7 Å². The number of nitrogens with two attached hydrogens (primary N) is 1. The number of imide groups is 1. The number of hydrogen-bond donors (Lipinski definition) is 2. The fourth-order valence-corrected chi connectivity index (χ4v) is 4.72. The molecule has 3 amide bonds. The van der Waals surface area contributed by atoms with Crippen LogP contribution in [0.4, 0.5) is 8.78 Å². The van der Waals surface area contributed by atoms with Gasteiger partial charge in [0.2, 0.25) is 11.8 Å². The Labute approximate surface area is 225 Å². The van der Waals surface area contributed by atoms with Crippen LogP contribution in [0.5, 0.6) is 0 Å². The van der Waals surface area contributed by atoms with Crippen LogP contribution >= 0.6 is 0 Å². The Morgan fingerprint density at radius 3 is 2.10 bits per heavy atom. The first-order valence-electron chi connectivity index (χ1n) is 12.4. The molecule has 3 aromatic rings. The molecule has 0 aliphatic carbocycles. The number of aliphatic hydroxyl groups is 1. The molecule has 0 saturated heterocycles. The van der Waals surface area contributed by atoms with Crippen LogP contribution in [0.1, 0.15) is 42.2 Å². The Hall–Kier alpha value is -4.21. The van der Waals surface area contributed by atoms with Gasteiger partial charge in [0.1, 0.15) is 17.7 Å². The summed E-state index contributed by atoms with van der Waals surface area (Å²) < 4.78 is 27.7. The summed E-state index contributed by atoms with van der Waals surface area (Å²) >= 11 is 0. The van der Waals surface area contributed by atoms with Gasteiger partial charge in [0.25, 0.3) is 5.91 Å². The predicted octanol–water partition coefficient (Wildman–Crippen LogP) is 3.76. The Bertz CT molecular complexity index is 1380. The van der Waals surface area contributed by atoms with Crippen molar-refractivity contribution in [2.75, 3.05) is 7.05 Å². The summed E-state index contributed by atoms with van der Waals surface area (Å²) in [6.45, 7) is 1.35. The number of rotatable bonds is 6. The van der Waals surface area contributed by atoms with Crippen LogP contribution in [0, 0.1) is 11.6 Å². The predicted molar refractivity (Wildman–Crippen MR) is 142 cm³/mol. The van der Waals surface area contributed by atoms with Crippen molar-refractivity contribution in [3.8, 4) is 0 Å². The van der Waals surface area contributed by atoms with Gasteiger partial charge in [-0.15, -0.1) is 0 Å². The number of halogens is 2. The van der Waals surface area contributed by atoms with Crippen LogP contribution in [0.3, 0.4) is 0 Å². The molecule has 3 aromatic carbocycles. The zero-order valence-corrected chi connectivity index (χ0v) is 21.5. The molecule has 1 heterocycles. The molecule has 4 rings (SSSR count). The molecule has 9 heteroatoms. The second-order valence-electron chi connectivity index (χ2n) is 9.52. The Morgan fingerprint density at radius 1 is 0.974 bits per heavy atom. The third-order valence-corrected chi connectivity index (χ3v) is 6.72. The summed E-state index contributed by atoms with van der Waals surface area (Å²) in [7, 11) is 1.56. The lowest BCUT2D eigenvalue weighted by Crippen LogP contribution is -2.57. The largest absolute Gasteiger partial charge is 0.378 e. The zero-order chi connectivity index (χ0) is 28.3. The maximum Gasteiger partial charge on any atom is 0.263 e. The molecule has 202 valence electrons. The number of nitrogens with zero attached hydrogens (tertiary/aromatic N) is 2. The molecule has 1 aliphatic rings. The molecule has 3 N–H and O–H groups in total. The zero-order valence-electron chi connectivity index (χ0n) is 21.5. The van der Waals surface area contributed by atoms with E-state index in [-0.39, 0.29) is 6.42 Å². The average molecular weight is 534 g/mol. The normalized spacial score (nSPS) is 19.1. The van der Waals surface area contributed by atoms with Gasteiger partial charge in [0, 0.05) is 19.5 Å². The van der Waals surface area contributed by atoms with E-state index in [0.717, 1.165) is 23.3 Å². The molecule has 7 nitrogen and oxygen atoms in total. The molecule has 0 bridgehead atoms. The first-order valence-corrected chi connectivity index (χ1v) is 12.4. The van der Waals surface area contributed by atoms with E-state index >= 15 is 0 Å². The third-order valence-electron chi connectivity index (χ3n) is 6.72. The van der Waals surface area contributed by atoms with Crippen LogP contribution < -0.4 is 5.73 Å². The minimum atomic E-state index is -2.12. The molecule has 4 atom stereocenters. The van der Waals surface area contributed by atoms with Gasteiger partial charge in [-0.3, -0.25) is 19.3 Å². The smallest absolute Gasteiger partial charge is 0.263 e. The van der Waals surface area contributed by atoms with Gasteiger partial charge in [-0.1, -0.05) is 66.7 Å². The first kappa shape index (κ1) is 27.8. The summed E-state index contributed by atoms with van der Waals surface area (Å²) in [4.78, 5) is 43.0. The van der Waals surface area contributed by atoms with Crippen molar-refractivity contribution in [2.45, 2.75) is 37.6 Å². The number of likely N-dealkylation sites (N-methyl/N-ethyl adjacent to an activating group) is 1. The van der Waals surface area contributed by atoms with Crippen molar-refractivity contribution in [1.29, 1.82) is 0 Å². The van der Waals surface area contributed by atoms with Gasteiger partial charge in [0.05, 0.1) is 12.1 Å². The number of aliphatic hydroxyl groups excluding tert-OH is 1. The number of hydrogen-bond acceptors (Lipinski definition) is 5. The van der Waals surface area contributed by atoms with Gasteiger partial charge >= 0.3 is 0 Å². The molecule has 0 aromatic heterocycles. The fraction of sp³-hybridized carbons (Fsp3) is 0.233. The van der Waals surface area contributed by atoms with Gasteiger partial charge in [-0.05, 0) is 41.3 Å². The van der Waals surface area contributed by atoms with E-state index < -0.39 is 59.1 Å². The highest BCUT2D eigenvalue weighted by atomic mass is 19.1. The third kappa shape index (κ3) is 5.94. The topological polar surface area (TPSA) is 104 Å². The molecule has 0 fully saturated rings. The minimum Gasteiger partial charge on any atom is -0.378 e. The molecule has 0 spiro atoms. The molecule has 0 radical (unpaired) electrons. The molecular formula is C30H29F2N3O4. The van der Waals surface area contributed by atoms with Crippen molar-refractivity contribution in [2.24, 2.45) is 5.73 Å². The number of amides is 3. The highest BCUT2D eigenvalue weighted by Crippen LogP contribution is 2.35. The number of carbonyl (C=O) groups excluding carboxylic acids is 3. The monoisotopic (exact) mass is 533 g/mol. The van der Waals surface area contributed by atoms with Crippen LogP contribution in [-0.2, 0) is 14.4 Å². The van der Waals surface area contributed by atoms with Gasteiger partial charge in [-0.25, -0.2) is 8.78 Å². The number of benzene rings is 3. The summed E-state index contributed by atoms with van der Waals surface area (Å²) in [6.07, 6.45) is -0.279. The fourth-order valence-electron chi connectivity index (χ4n) is 4.72. The highest BCUT2D eigenvalue weighted by Gasteiger charge is 2.43. The molecule has 39 heavy (non-hydrogen) atoms. The van der Waals surface area contributed by atoms with Crippen LogP contribution in [0.15, 0.2) is 84.9 Å². The van der Waals surface area contributed by atoms with E-state index in [9.17, 15) is 28.3 Å². The molecule has 0 unspecified atom stereocenters. The van der Waals surface area contributed by atoms with Crippen LogP contribution in [-0.4, -0.2) is 51.8 Å². The summed E-state index contributed by atoms with van der Waals surface area (Å²) in [5, 5.41) is 10.8. The summed E-state index contributed by atoms with van der Waals surface area (Å²) in [6, 6.07) is 17.5. The quantitative estimate of drug-likeness (QED) is 0.502. The lowest BCUT2D eigenvalue weighted by molar-refractivity contribution is -0.160. The van der Waals surface area contributed by atoms with E-state index in [4.69, 9.17) is 5.73 Å². The van der Waals surface area contributed by atoms with E-state index in [1.807, 2.05) is 66.7 Å². The Kier molecular flexibility index (Phi) is 8.32. The van der Waals surface area contributed by atoms with Crippen molar-refractivity contribution in [1.82, 2.24) is 9.80 Å². The maximum absolute atomic E-state index is 14.0. The molecular weight excluding hydrogens is 504 g/mol. The first-order chi connectivity index (χ1) is 18.6. The van der Waals surface area contributed by atoms with Gasteiger partial charge in [-0.2, -0.15) is 0 Å². The van der Waals surface area contributed by atoms with Crippen LogP contribution in [0.2, 0.25) is 0 Å².